The van der Waals surface area contributed by atoms with Crippen LogP contribution in [-0.2, 0) is 6.42 Å². The summed E-state index contributed by atoms with van der Waals surface area (Å²) in [6, 6.07) is 9.45. The van der Waals surface area contributed by atoms with Gasteiger partial charge in [-0.15, -0.1) is 0 Å². The van der Waals surface area contributed by atoms with Crippen molar-refractivity contribution in [2.75, 3.05) is 6.54 Å². The summed E-state index contributed by atoms with van der Waals surface area (Å²) < 4.78 is 14.3. The summed E-state index contributed by atoms with van der Waals surface area (Å²) in [4.78, 5) is 18.1. The number of hydrogen-bond acceptors (Lipinski definition) is 2. The van der Waals surface area contributed by atoms with Gasteiger partial charge in [0.25, 0.3) is 5.91 Å². The minimum Gasteiger partial charge on any atom is -0.331 e. The monoisotopic (exact) mass is 348 g/mol. The van der Waals surface area contributed by atoms with Crippen LogP contribution in [0.15, 0.2) is 41.1 Å². The SMILES string of the molecule is C[C@@H]1c2ccccc2CCN1C(=O)c1cc(Br)ncc1F. The third-order valence-corrected chi connectivity index (χ3v) is 4.34. The first kappa shape index (κ1) is 14.2. The lowest BCUT2D eigenvalue weighted by molar-refractivity contribution is 0.0672. The van der Waals surface area contributed by atoms with Gasteiger partial charge in [-0.05, 0) is 46.5 Å². The molecule has 108 valence electrons. The molecule has 1 atom stereocenters. The van der Waals surface area contributed by atoms with Gasteiger partial charge in [0.2, 0.25) is 0 Å². The molecule has 0 N–H and O–H groups in total. The van der Waals surface area contributed by atoms with Crippen LogP contribution in [-0.4, -0.2) is 22.3 Å². The first-order valence-corrected chi connectivity index (χ1v) is 7.57. The van der Waals surface area contributed by atoms with E-state index < -0.39 is 5.82 Å². The van der Waals surface area contributed by atoms with E-state index in [-0.39, 0.29) is 17.5 Å². The molecule has 0 saturated carbocycles. The fraction of sp³-hybridized carbons (Fsp3) is 0.250. The first-order chi connectivity index (χ1) is 10.1. The summed E-state index contributed by atoms with van der Waals surface area (Å²) >= 11 is 3.18. The van der Waals surface area contributed by atoms with Gasteiger partial charge in [-0.3, -0.25) is 4.79 Å². The van der Waals surface area contributed by atoms with Gasteiger partial charge < -0.3 is 4.90 Å². The Hall–Kier alpha value is -1.75. The standard InChI is InChI=1S/C16H14BrFN2O/c1-10-12-5-3-2-4-11(12)6-7-20(10)16(21)13-8-15(17)19-9-14(13)18/h2-5,8-10H,6-7H2,1H3/t10-/m1/s1. The van der Waals surface area contributed by atoms with E-state index in [0.717, 1.165) is 18.2 Å². The van der Waals surface area contributed by atoms with E-state index in [1.165, 1.54) is 11.6 Å². The number of halogens is 2. The maximum atomic E-state index is 13.9. The molecule has 1 amide bonds. The van der Waals surface area contributed by atoms with E-state index in [2.05, 4.69) is 27.0 Å². The second kappa shape index (κ2) is 5.56. The van der Waals surface area contributed by atoms with Gasteiger partial charge in [0.05, 0.1) is 17.8 Å². The molecule has 1 aromatic heterocycles. The van der Waals surface area contributed by atoms with Crippen LogP contribution in [0.2, 0.25) is 0 Å². The van der Waals surface area contributed by atoms with Crippen LogP contribution in [0, 0.1) is 5.82 Å². The summed E-state index contributed by atoms with van der Waals surface area (Å²) in [6.45, 7) is 2.57. The van der Waals surface area contributed by atoms with Crippen molar-refractivity contribution in [2.24, 2.45) is 0 Å². The first-order valence-electron chi connectivity index (χ1n) is 6.77. The molecule has 0 radical (unpaired) electrons. The topological polar surface area (TPSA) is 33.2 Å². The number of fused-ring (bicyclic) bond motifs is 1. The lowest BCUT2D eigenvalue weighted by atomic mass is 9.93. The Balaban J connectivity index is 1.95. The molecule has 3 nitrogen and oxygen atoms in total. The highest BCUT2D eigenvalue weighted by Crippen LogP contribution is 2.30. The van der Waals surface area contributed by atoms with Crippen molar-refractivity contribution in [3.8, 4) is 0 Å². The summed E-state index contributed by atoms with van der Waals surface area (Å²) in [5, 5.41) is 0. The third kappa shape index (κ3) is 2.58. The van der Waals surface area contributed by atoms with Crippen molar-refractivity contribution in [3.05, 3.63) is 63.6 Å². The average molecular weight is 349 g/mol. The van der Waals surface area contributed by atoms with E-state index in [9.17, 15) is 9.18 Å². The smallest absolute Gasteiger partial charge is 0.257 e. The third-order valence-electron chi connectivity index (χ3n) is 3.91. The molecule has 21 heavy (non-hydrogen) atoms. The molecular weight excluding hydrogens is 335 g/mol. The number of carbonyl (C=O) groups excluding carboxylic acids is 1. The minimum absolute atomic E-state index is 0.0584. The van der Waals surface area contributed by atoms with Crippen LogP contribution in [0.1, 0.15) is 34.5 Å². The summed E-state index contributed by atoms with van der Waals surface area (Å²) in [5.74, 6) is -0.883. The molecule has 0 bridgehead atoms. The van der Waals surface area contributed by atoms with Gasteiger partial charge in [0, 0.05) is 6.54 Å². The molecule has 3 rings (SSSR count). The zero-order valence-electron chi connectivity index (χ0n) is 11.5. The molecule has 0 fully saturated rings. The van der Waals surface area contributed by atoms with E-state index in [1.54, 1.807) is 4.90 Å². The number of nitrogens with zero attached hydrogens (tertiary/aromatic N) is 2. The van der Waals surface area contributed by atoms with Crippen molar-refractivity contribution in [1.29, 1.82) is 0 Å². The largest absolute Gasteiger partial charge is 0.331 e. The molecule has 1 aliphatic heterocycles. The van der Waals surface area contributed by atoms with Gasteiger partial charge in [0.1, 0.15) is 4.60 Å². The molecule has 0 aliphatic carbocycles. The fourth-order valence-corrected chi connectivity index (χ4v) is 3.11. The van der Waals surface area contributed by atoms with Gasteiger partial charge in [-0.25, -0.2) is 9.37 Å². The number of rotatable bonds is 1. The van der Waals surface area contributed by atoms with Crippen LogP contribution in [0.4, 0.5) is 4.39 Å². The van der Waals surface area contributed by atoms with Crippen LogP contribution in [0.5, 0.6) is 0 Å². The lowest BCUT2D eigenvalue weighted by Crippen LogP contribution is -2.39. The Morgan fingerprint density at radius 3 is 3.00 bits per heavy atom. The number of benzene rings is 1. The molecule has 2 aromatic rings. The number of pyridine rings is 1. The van der Waals surface area contributed by atoms with Crippen molar-refractivity contribution in [3.63, 3.8) is 0 Å². The molecule has 1 aromatic carbocycles. The highest BCUT2D eigenvalue weighted by Gasteiger charge is 2.29. The van der Waals surface area contributed by atoms with E-state index in [0.29, 0.717) is 11.1 Å². The highest BCUT2D eigenvalue weighted by atomic mass is 79.9. The van der Waals surface area contributed by atoms with Gasteiger partial charge >= 0.3 is 0 Å². The molecule has 0 unspecified atom stereocenters. The lowest BCUT2D eigenvalue weighted by Gasteiger charge is -2.35. The molecule has 0 spiro atoms. The molecular formula is C16H14BrFN2O. The molecule has 5 heteroatoms. The van der Waals surface area contributed by atoms with Crippen molar-refractivity contribution < 1.29 is 9.18 Å². The highest BCUT2D eigenvalue weighted by molar-refractivity contribution is 9.10. The molecule has 2 heterocycles. The normalized spacial score (nSPS) is 17.5. The van der Waals surface area contributed by atoms with Crippen molar-refractivity contribution in [2.45, 2.75) is 19.4 Å². The van der Waals surface area contributed by atoms with Gasteiger partial charge in [0.15, 0.2) is 5.82 Å². The van der Waals surface area contributed by atoms with E-state index in [1.807, 2.05) is 25.1 Å². The van der Waals surface area contributed by atoms with E-state index in [4.69, 9.17) is 0 Å². The number of aromatic nitrogens is 1. The van der Waals surface area contributed by atoms with Crippen LogP contribution in [0.25, 0.3) is 0 Å². The Labute approximate surface area is 130 Å². The predicted octanol–water partition coefficient (Wildman–Crippen LogP) is 3.74. The summed E-state index contributed by atoms with van der Waals surface area (Å²) in [7, 11) is 0. The summed E-state index contributed by atoms with van der Waals surface area (Å²) in [5.41, 5.74) is 2.44. The molecule has 1 aliphatic rings. The van der Waals surface area contributed by atoms with Crippen LogP contribution < -0.4 is 0 Å². The summed E-state index contributed by atoms with van der Waals surface area (Å²) in [6.07, 6.45) is 1.86. The van der Waals surface area contributed by atoms with Crippen LogP contribution in [0.3, 0.4) is 0 Å². The second-order valence-corrected chi connectivity index (χ2v) is 5.92. The Morgan fingerprint density at radius 2 is 2.19 bits per heavy atom. The maximum absolute atomic E-state index is 13.9. The van der Waals surface area contributed by atoms with Crippen LogP contribution >= 0.6 is 15.9 Å². The fourth-order valence-electron chi connectivity index (χ4n) is 2.78. The maximum Gasteiger partial charge on any atom is 0.257 e. The average Bonchev–Trinajstić information content (AvgIpc) is 2.50. The predicted molar refractivity (Wildman–Crippen MR) is 81.5 cm³/mol. The Morgan fingerprint density at radius 1 is 1.43 bits per heavy atom. The zero-order valence-corrected chi connectivity index (χ0v) is 13.1. The van der Waals surface area contributed by atoms with Gasteiger partial charge in [-0.2, -0.15) is 0 Å². The second-order valence-electron chi connectivity index (χ2n) is 5.11. The van der Waals surface area contributed by atoms with Gasteiger partial charge in [-0.1, -0.05) is 24.3 Å². The zero-order chi connectivity index (χ0) is 15.0. The van der Waals surface area contributed by atoms with Crippen molar-refractivity contribution >= 4 is 21.8 Å². The van der Waals surface area contributed by atoms with Crippen molar-refractivity contribution in [1.82, 2.24) is 9.88 Å². The number of amides is 1. The quantitative estimate of drug-likeness (QED) is 0.735. The number of hydrogen-bond donors (Lipinski definition) is 0. The van der Waals surface area contributed by atoms with E-state index >= 15 is 0 Å². The minimum atomic E-state index is -0.589. The Kier molecular flexibility index (Phi) is 3.76. The number of carbonyl (C=O) groups is 1. The molecule has 0 saturated heterocycles. The Bertz CT molecular complexity index is 704.